The Labute approximate surface area is 70.3 Å². The third-order valence-electron chi connectivity index (χ3n) is 1.57. The van der Waals surface area contributed by atoms with Gasteiger partial charge in [0.2, 0.25) is 0 Å². The van der Waals surface area contributed by atoms with Crippen molar-refractivity contribution in [2.75, 3.05) is 0 Å². The van der Waals surface area contributed by atoms with Gasteiger partial charge in [0.25, 0.3) is 0 Å². The summed E-state index contributed by atoms with van der Waals surface area (Å²) in [6.45, 7) is 6.29. The van der Waals surface area contributed by atoms with E-state index in [0.717, 1.165) is 0 Å². The lowest BCUT2D eigenvalue weighted by atomic mass is 10.1. The van der Waals surface area contributed by atoms with Crippen LogP contribution >= 0.6 is 0 Å². The Morgan fingerprint density at radius 3 is 2.18 bits per heavy atom. The van der Waals surface area contributed by atoms with Gasteiger partial charge in [-0.3, -0.25) is 0 Å². The van der Waals surface area contributed by atoms with Crippen molar-refractivity contribution in [3.05, 3.63) is 36.5 Å². The largest absolute Gasteiger partial charge is 0.0911 e. The van der Waals surface area contributed by atoms with E-state index >= 15 is 0 Å². The fourth-order valence-corrected chi connectivity index (χ4v) is 0.901. The summed E-state index contributed by atoms with van der Waals surface area (Å²) in [7, 11) is 0. The minimum absolute atomic E-state index is 0.608. The number of hydrogen-bond donors (Lipinski definition) is 0. The Kier molecular flexibility index (Phi) is 6.81. The van der Waals surface area contributed by atoms with Gasteiger partial charge >= 0.3 is 0 Å². The van der Waals surface area contributed by atoms with Crippen LogP contribution in [0, 0.1) is 5.92 Å². The molecule has 0 aliphatic heterocycles. The first kappa shape index (κ1) is 10.2. The van der Waals surface area contributed by atoms with Crippen molar-refractivity contribution in [3.8, 4) is 0 Å². The smallest absolute Gasteiger partial charge is 0.00531 e. The van der Waals surface area contributed by atoms with Crippen molar-refractivity contribution >= 4 is 0 Å². The normalized spacial score (nSPS) is 15.5. The molecule has 0 bridgehead atoms. The lowest BCUT2D eigenvalue weighted by molar-refractivity contribution is 0.773. The molecule has 0 saturated carbocycles. The van der Waals surface area contributed by atoms with Gasteiger partial charge in [0.1, 0.15) is 0 Å². The van der Waals surface area contributed by atoms with Crippen molar-refractivity contribution in [2.45, 2.75) is 27.2 Å². The summed E-state index contributed by atoms with van der Waals surface area (Å²) in [6.07, 6.45) is 13.9. The van der Waals surface area contributed by atoms with Crippen LogP contribution in [0.25, 0.3) is 0 Å². The molecular formula is C11H18. The third-order valence-corrected chi connectivity index (χ3v) is 1.57. The topological polar surface area (TPSA) is 0 Å². The highest BCUT2D eigenvalue weighted by molar-refractivity contribution is 5.07. The minimum Gasteiger partial charge on any atom is -0.0911 e. The SMILES string of the molecule is C/C=C\C=C/C(/C=C\C)CC. The van der Waals surface area contributed by atoms with Crippen LogP contribution in [0.4, 0.5) is 0 Å². The number of rotatable bonds is 4. The molecule has 0 aromatic rings. The summed E-state index contributed by atoms with van der Waals surface area (Å²) in [5, 5.41) is 0. The van der Waals surface area contributed by atoms with Crippen molar-refractivity contribution in [3.63, 3.8) is 0 Å². The first-order valence-corrected chi connectivity index (χ1v) is 4.27. The molecule has 0 rings (SSSR count). The second-order valence-corrected chi connectivity index (χ2v) is 2.51. The number of allylic oxidation sites excluding steroid dienone is 6. The van der Waals surface area contributed by atoms with Gasteiger partial charge in [0.05, 0.1) is 0 Å². The van der Waals surface area contributed by atoms with Gasteiger partial charge in [-0.2, -0.15) is 0 Å². The van der Waals surface area contributed by atoms with Crippen LogP contribution in [0.5, 0.6) is 0 Å². The molecule has 0 fully saturated rings. The quantitative estimate of drug-likeness (QED) is 0.423. The molecule has 11 heavy (non-hydrogen) atoms. The summed E-state index contributed by atoms with van der Waals surface area (Å²) in [4.78, 5) is 0. The first-order chi connectivity index (χ1) is 5.35. The van der Waals surface area contributed by atoms with Gasteiger partial charge in [-0.1, -0.05) is 43.4 Å². The van der Waals surface area contributed by atoms with Crippen LogP contribution in [0.15, 0.2) is 36.5 Å². The maximum absolute atomic E-state index is 2.22. The van der Waals surface area contributed by atoms with Gasteiger partial charge in [-0.05, 0) is 26.2 Å². The van der Waals surface area contributed by atoms with E-state index in [0.29, 0.717) is 5.92 Å². The first-order valence-electron chi connectivity index (χ1n) is 4.27. The molecule has 0 aliphatic rings. The minimum atomic E-state index is 0.608. The maximum atomic E-state index is 2.22. The molecule has 0 nitrogen and oxygen atoms in total. The van der Waals surface area contributed by atoms with Gasteiger partial charge in [-0.25, -0.2) is 0 Å². The molecule has 0 amide bonds. The van der Waals surface area contributed by atoms with Crippen LogP contribution < -0.4 is 0 Å². The summed E-state index contributed by atoms with van der Waals surface area (Å²) in [5.41, 5.74) is 0. The van der Waals surface area contributed by atoms with Crippen molar-refractivity contribution < 1.29 is 0 Å². The molecule has 0 saturated heterocycles. The summed E-state index contributed by atoms with van der Waals surface area (Å²) < 4.78 is 0. The van der Waals surface area contributed by atoms with Crippen molar-refractivity contribution in [2.24, 2.45) is 5.92 Å². The zero-order valence-corrected chi connectivity index (χ0v) is 7.75. The molecule has 1 unspecified atom stereocenters. The fourth-order valence-electron chi connectivity index (χ4n) is 0.901. The van der Waals surface area contributed by atoms with E-state index in [1.54, 1.807) is 0 Å². The molecule has 0 aromatic heterocycles. The van der Waals surface area contributed by atoms with Gasteiger partial charge in [0, 0.05) is 0 Å². The lowest BCUT2D eigenvalue weighted by Gasteiger charge is -2.00. The predicted molar refractivity (Wildman–Crippen MR) is 52.5 cm³/mol. The van der Waals surface area contributed by atoms with Crippen LogP contribution in [0.3, 0.4) is 0 Å². The van der Waals surface area contributed by atoms with E-state index in [2.05, 4.69) is 44.2 Å². The predicted octanol–water partition coefficient (Wildman–Crippen LogP) is 3.72. The molecule has 0 spiro atoms. The molecule has 0 heterocycles. The average Bonchev–Trinajstić information content (AvgIpc) is 2.03. The summed E-state index contributed by atoms with van der Waals surface area (Å²) in [6, 6.07) is 0. The molecule has 0 radical (unpaired) electrons. The van der Waals surface area contributed by atoms with E-state index in [-0.39, 0.29) is 0 Å². The van der Waals surface area contributed by atoms with E-state index in [9.17, 15) is 0 Å². The maximum Gasteiger partial charge on any atom is -0.00531 e. The highest BCUT2D eigenvalue weighted by atomic mass is 14.0. The monoisotopic (exact) mass is 150 g/mol. The van der Waals surface area contributed by atoms with Gasteiger partial charge < -0.3 is 0 Å². The van der Waals surface area contributed by atoms with Crippen LogP contribution in [0.1, 0.15) is 27.2 Å². The fraction of sp³-hybridized carbons (Fsp3) is 0.455. The lowest BCUT2D eigenvalue weighted by Crippen LogP contribution is -1.86. The van der Waals surface area contributed by atoms with E-state index in [4.69, 9.17) is 0 Å². The Morgan fingerprint density at radius 1 is 1.00 bits per heavy atom. The molecule has 62 valence electrons. The van der Waals surface area contributed by atoms with Crippen LogP contribution in [-0.2, 0) is 0 Å². The van der Waals surface area contributed by atoms with Crippen LogP contribution in [-0.4, -0.2) is 0 Å². The Hall–Kier alpha value is -0.780. The van der Waals surface area contributed by atoms with Crippen molar-refractivity contribution in [1.82, 2.24) is 0 Å². The number of hydrogen-bond acceptors (Lipinski definition) is 0. The zero-order valence-electron chi connectivity index (χ0n) is 7.75. The molecule has 0 aromatic carbocycles. The molecule has 0 N–H and O–H groups in total. The van der Waals surface area contributed by atoms with E-state index in [1.807, 2.05) is 13.0 Å². The Balaban J connectivity index is 3.86. The van der Waals surface area contributed by atoms with Gasteiger partial charge in [0.15, 0.2) is 0 Å². The standard InChI is InChI=1S/C11H18/c1-4-7-8-10-11(6-3)9-5-2/h4-5,7-11H,6H2,1-3H3/b7-4-,9-5-,10-8-. The Bertz CT molecular complexity index is 149. The average molecular weight is 150 g/mol. The molecule has 0 aliphatic carbocycles. The third kappa shape index (κ3) is 5.65. The second kappa shape index (κ2) is 7.33. The molecule has 1 atom stereocenters. The summed E-state index contributed by atoms with van der Waals surface area (Å²) >= 11 is 0. The van der Waals surface area contributed by atoms with E-state index < -0.39 is 0 Å². The highest BCUT2D eigenvalue weighted by Gasteiger charge is 1.91. The second-order valence-electron chi connectivity index (χ2n) is 2.51. The van der Waals surface area contributed by atoms with E-state index in [1.165, 1.54) is 6.42 Å². The Morgan fingerprint density at radius 2 is 1.73 bits per heavy atom. The molecular weight excluding hydrogens is 132 g/mol. The summed E-state index contributed by atoms with van der Waals surface area (Å²) in [5.74, 6) is 0.608. The van der Waals surface area contributed by atoms with Crippen LogP contribution in [0.2, 0.25) is 0 Å². The van der Waals surface area contributed by atoms with Gasteiger partial charge in [-0.15, -0.1) is 0 Å². The van der Waals surface area contributed by atoms with Crippen molar-refractivity contribution in [1.29, 1.82) is 0 Å². The highest BCUT2D eigenvalue weighted by Crippen LogP contribution is 2.05. The molecule has 0 heteroatoms. The zero-order chi connectivity index (χ0) is 8.53.